The highest BCUT2D eigenvalue weighted by molar-refractivity contribution is 5.38. The van der Waals surface area contributed by atoms with Crippen LogP contribution in [0.2, 0.25) is 0 Å². The van der Waals surface area contributed by atoms with Crippen LogP contribution in [0.15, 0.2) is 6.07 Å². The molecule has 0 saturated carbocycles. The maximum atomic E-state index is 4.36. The van der Waals surface area contributed by atoms with Crippen molar-refractivity contribution in [3.8, 4) is 0 Å². The van der Waals surface area contributed by atoms with Gasteiger partial charge in [0.1, 0.15) is 5.82 Å². The molecule has 1 atom stereocenters. The summed E-state index contributed by atoms with van der Waals surface area (Å²) < 4.78 is 2.05. The Morgan fingerprint density at radius 1 is 1.73 bits per heavy atom. The van der Waals surface area contributed by atoms with Crippen molar-refractivity contribution in [1.82, 2.24) is 9.78 Å². The van der Waals surface area contributed by atoms with Crippen molar-refractivity contribution >= 4 is 5.82 Å². The van der Waals surface area contributed by atoms with E-state index in [0.29, 0.717) is 5.92 Å². The fourth-order valence-electron chi connectivity index (χ4n) is 1.47. The number of aryl methyl sites for hydroxylation is 1. The van der Waals surface area contributed by atoms with Gasteiger partial charge in [-0.1, -0.05) is 6.92 Å². The van der Waals surface area contributed by atoms with Crippen LogP contribution in [-0.4, -0.2) is 16.3 Å². The van der Waals surface area contributed by atoms with Crippen LogP contribution in [0.4, 0.5) is 5.82 Å². The van der Waals surface area contributed by atoms with Crippen LogP contribution in [0.3, 0.4) is 0 Å². The zero-order valence-electron chi connectivity index (χ0n) is 6.96. The van der Waals surface area contributed by atoms with Gasteiger partial charge < -0.3 is 5.32 Å². The van der Waals surface area contributed by atoms with Crippen LogP contribution in [-0.2, 0) is 6.54 Å². The third kappa shape index (κ3) is 1.11. The zero-order chi connectivity index (χ0) is 7.84. The molecule has 1 aliphatic heterocycles. The summed E-state index contributed by atoms with van der Waals surface area (Å²) in [5.41, 5.74) is 1.10. The average Bonchev–Trinajstić information content (AvgIpc) is 2.27. The summed E-state index contributed by atoms with van der Waals surface area (Å²) in [6.07, 6.45) is 0. The van der Waals surface area contributed by atoms with Gasteiger partial charge in [0, 0.05) is 19.2 Å². The van der Waals surface area contributed by atoms with Gasteiger partial charge in [0.2, 0.25) is 0 Å². The third-order valence-electron chi connectivity index (χ3n) is 2.02. The van der Waals surface area contributed by atoms with Crippen LogP contribution in [0.5, 0.6) is 0 Å². The van der Waals surface area contributed by atoms with Gasteiger partial charge in [0.25, 0.3) is 0 Å². The lowest BCUT2D eigenvalue weighted by atomic mass is 10.1. The molecular weight excluding hydrogens is 138 g/mol. The smallest absolute Gasteiger partial charge is 0.124 e. The van der Waals surface area contributed by atoms with Gasteiger partial charge in [-0.05, 0) is 12.8 Å². The summed E-state index contributed by atoms with van der Waals surface area (Å²) in [4.78, 5) is 0. The molecule has 3 heteroatoms. The Morgan fingerprint density at radius 2 is 2.55 bits per heavy atom. The molecule has 2 heterocycles. The van der Waals surface area contributed by atoms with Crippen molar-refractivity contribution < 1.29 is 0 Å². The topological polar surface area (TPSA) is 29.9 Å². The van der Waals surface area contributed by atoms with E-state index in [1.807, 2.05) is 11.6 Å². The molecule has 0 bridgehead atoms. The number of hydrogen-bond acceptors (Lipinski definition) is 2. The normalized spacial score (nSPS) is 22.5. The van der Waals surface area contributed by atoms with Crippen LogP contribution >= 0.6 is 0 Å². The van der Waals surface area contributed by atoms with Gasteiger partial charge in [0.15, 0.2) is 0 Å². The Morgan fingerprint density at radius 3 is 3.36 bits per heavy atom. The molecule has 2 rings (SSSR count). The fraction of sp³-hybridized carbons (Fsp3) is 0.625. The molecule has 1 aromatic rings. The van der Waals surface area contributed by atoms with Gasteiger partial charge in [-0.15, -0.1) is 0 Å². The number of nitrogens with one attached hydrogen (secondary N) is 1. The third-order valence-corrected chi connectivity index (χ3v) is 2.02. The zero-order valence-corrected chi connectivity index (χ0v) is 6.96. The van der Waals surface area contributed by atoms with E-state index in [9.17, 15) is 0 Å². The second-order valence-corrected chi connectivity index (χ2v) is 3.34. The summed E-state index contributed by atoms with van der Waals surface area (Å²) in [6.45, 7) is 6.38. The first-order valence-electron chi connectivity index (χ1n) is 4.04. The van der Waals surface area contributed by atoms with Gasteiger partial charge in [-0.25, -0.2) is 4.68 Å². The number of fused-ring (bicyclic) bond motifs is 1. The minimum absolute atomic E-state index is 0.696. The number of rotatable bonds is 0. The van der Waals surface area contributed by atoms with E-state index < -0.39 is 0 Å². The maximum Gasteiger partial charge on any atom is 0.124 e. The predicted molar refractivity (Wildman–Crippen MR) is 44.6 cm³/mol. The standard InChI is InChI=1S/C8H13N3/c1-6-4-9-8-3-7(2)10-11(8)5-6/h3,6,9H,4-5H2,1-2H3. The molecule has 0 amide bonds. The lowest BCUT2D eigenvalue weighted by Gasteiger charge is -2.21. The average molecular weight is 151 g/mol. The minimum Gasteiger partial charge on any atom is -0.370 e. The molecule has 60 valence electrons. The van der Waals surface area contributed by atoms with Gasteiger partial charge in [-0.2, -0.15) is 5.10 Å². The minimum atomic E-state index is 0.696. The van der Waals surface area contributed by atoms with Crippen molar-refractivity contribution in [3.05, 3.63) is 11.8 Å². The van der Waals surface area contributed by atoms with Gasteiger partial charge in [-0.3, -0.25) is 0 Å². The molecular formula is C8H13N3. The summed E-state index contributed by atoms with van der Waals surface area (Å²) in [5, 5.41) is 7.69. The lowest BCUT2D eigenvalue weighted by molar-refractivity contribution is 0.444. The Kier molecular flexibility index (Phi) is 1.37. The van der Waals surface area contributed by atoms with Crippen LogP contribution in [0, 0.1) is 12.8 Å². The molecule has 0 spiro atoms. The first-order chi connectivity index (χ1) is 5.25. The van der Waals surface area contributed by atoms with E-state index >= 15 is 0 Å². The second kappa shape index (κ2) is 2.26. The van der Waals surface area contributed by atoms with E-state index in [0.717, 1.165) is 18.8 Å². The predicted octanol–water partition coefficient (Wildman–Crippen LogP) is 1.25. The highest BCUT2D eigenvalue weighted by Gasteiger charge is 2.14. The van der Waals surface area contributed by atoms with Crippen LogP contribution in [0.25, 0.3) is 0 Å². The molecule has 0 aliphatic carbocycles. The lowest BCUT2D eigenvalue weighted by Crippen LogP contribution is -2.25. The molecule has 1 aliphatic rings. The van der Waals surface area contributed by atoms with Crippen molar-refractivity contribution in [2.45, 2.75) is 20.4 Å². The fourth-order valence-corrected chi connectivity index (χ4v) is 1.47. The van der Waals surface area contributed by atoms with E-state index in [1.54, 1.807) is 0 Å². The Balaban J connectivity index is 2.34. The van der Waals surface area contributed by atoms with E-state index in [1.165, 1.54) is 5.82 Å². The van der Waals surface area contributed by atoms with Gasteiger partial charge in [0.05, 0.1) is 5.69 Å². The Labute approximate surface area is 66.4 Å². The molecule has 0 fully saturated rings. The molecule has 0 aromatic carbocycles. The highest BCUT2D eigenvalue weighted by atomic mass is 15.3. The summed E-state index contributed by atoms with van der Waals surface area (Å²) in [6, 6.07) is 2.09. The molecule has 1 aromatic heterocycles. The summed E-state index contributed by atoms with van der Waals surface area (Å²) >= 11 is 0. The molecule has 11 heavy (non-hydrogen) atoms. The largest absolute Gasteiger partial charge is 0.370 e. The molecule has 0 radical (unpaired) electrons. The van der Waals surface area contributed by atoms with Crippen LogP contribution in [0.1, 0.15) is 12.6 Å². The van der Waals surface area contributed by atoms with E-state index in [-0.39, 0.29) is 0 Å². The van der Waals surface area contributed by atoms with Crippen molar-refractivity contribution in [1.29, 1.82) is 0 Å². The summed E-state index contributed by atoms with van der Waals surface area (Å²) in [7, 11) is 0. The monoisotopic (exact) mass is 151 g/mol. The molecule has 0 saturated heterocycles. The quantitative estimate of drug-likeness (QED) is 0.605. The number of aromatic nitrogens is 2. The van der Waals surface area contributed by atoms with E-state index in [4.69, 9.17) is 0 Å². The van der Waals surface area contributed by atoms with Gasteiger partial charge >= 0.3 is 0 Å². The van der Waals surface area contributed by atoms with E-state index in [2.05, 4.69) is 23.4 Å². The Bertz CT molecular complexity index is 264. The second-order valence-electron chi connectivity index (χ2n) is 3.34. The number of hydrogen-bond donors (Lipinski definition) is 1. The summed E-state index contributed by atoms with van der Waals surface area (Å²) in [5.74, 6) is 1.86. The molecule has 3 nitrogen and oxygen atoms in total. The molecule has 1 unspecified atom stereocenters. The Hall–Kier alpha value is -0.990. The molecule has 1 N–H and O–H groups in total. The highest BCUT2D eigenvalue weighted by Crippen LogP contribution is 2.17. The van der Waals surface area contributed by atoms with Crippen molar-refractivity contribution in [3.63, 3.8) is 0 Å². The SMILES string of the molecule is Cc1cc2n(n1)CC(C)CN2. The maximum absolute atomic E-state index is 4.36. The first kappa shape index (κ1) is 6.70. The number of nitrogens with zero attached hydrogens (tertiary/aromatic N) is 2. The van der Waals surface area contributed by atoms with Crippen molar-refractivity contribution in [2.75, 3.05) is 11.9 Å². The first-order valence-corrected chi connectivity index (χ1v) is 4.04. The number of anilines is 1. The van der Waals surface area contributed by atoms with Crippen LogP contribution < -0.4 is 5.32 Å². The van der Waals surface area contributed by atoms with Crippen molar-refractivity contribution in [2.24, 2.45) is 5.92 Å².